The van der Waals surface area contributed by atoms with Crippen LogP contribution in [0.5, 0.6) is 0 Å². The SMILES string of the molecule is Cc1nc(CC(=O)NC(c2cccs2)C2CC(O)C2)cs1. The van der Waals surface area contributed by atoms with Gasteiger partial charge in [-0.15, -0.1) is 22.7 Å². The van der Waals surface area contributed by atoms with E-state index in [9.17, 15) is 9.90 Å². The van der Waals surface area contributed by atoms with Crippen LogP contribution in [0.15, 0.2) is 22.9 Å². The first-order valence-corrected chi connectivity index (χ1v) is 8.79. The second kappa shape index (κ2) is 6.25. The van der Waals surface area contributed by atoms with Gasteiger partial charge in [-0.3, -0.25) is 4.79 Å². The largest absolute Gasteiger partial charge is 0.393 e. The van der Waals surface area contributed by atoms with Gasteiger partial charge in [0.2, 0.25) is 5.91 Å². The van der Waals surface area contributed by atoms with E-state index in [2.05, 4.69) is 10.3 Å². The summed E-state index contributed by atoms with van der Waals surface area (Å²) in [6.45, 7) is 1.94. The van der Waals surface area contributed by atoms with Crippen molar-refractivity contribution in [1.29, 1.82) is 0 Å². The molecule has 1 saturated carbocycles. The number of aromatic nitrogens is 1. The Morgan fingerprint density at radius 3 is 2.90 bits per heavy atom. The van der Waals surface area contributed by atoms with Crippen LogP contribution in [-0.4, -0.2) is 22.1 Å². The average molecular weight is 322 g/mol. The molecule has 1 aliphatic rings. The van der Waals surface area contributed by atoms with Gasteiger partial charge < -0.3 is 10.4 Å². The van der Waals surface area contributed by atoms with E-state index in [1.54, 1.807) is 22.7 Å². The molecule has 1 aliphatic carbocycles. The maximum Gasteiger partial charge on any atom is 0.226 e. The van der Waals surface area contributed by atoms with E-state index in [1.807, 2.05) is 29.8 Å². The number of amides is 1. The molecule has 112 valence electrons. The van der Waals surface area contributed by atoms with Gasteiger partial charge in [-0.1, -0.05) is 6.07 Å². The van der Waals surface area contributed by atoms with E-state index >= 15 is 0 Å². The zero-order valence-corrected chi connectivity index (χ0v) is 13.4. The normalized spacial score (nSPS) is 22.6. The predicted octanol–water partition coefficient (Wildman–Crippen LogP) is 2.68. The predicted molar refractivity (Wildman–Crippen MR) is 84.5 cm³/mol. The topological polar surface area (TPSA) is 62.2 Å². The standard InChI is InChI=1S/C15H18N2O2S2/c1-9-16-11(8-21-9)7-14(19)17-15(10-5-12(18)6-10)13-3-2-4-20-13/h2-4,8,10,12,15,18H,5-7H2,1H3,(H,17,19). The minimum atomic E-state index is -0.212. The van der Waals surface area contributed by atoms with E-state index in [0.29, 0.717) is 12.3 Å². The molecule has 0 aliphatic heterocycles. The number of aliphatic hydroxyl groups excluding tert-OH is 1. The van der Waals surface area contributed by atoms with Gasteiger partial charge in [0.25, 0.3) is 0 Å². The fraction of sp³-hybridized carbons (Fsp3) is 0.467. The Kier molecular flexibility index (Phi) is 4.37. The molecular weight excluding hydrogens is 304 g/mol. The molecule has 1 atom stereocenters. The highest BCUT2D eigenvalue weighted by Crippen LogP contribution is 2.39. The number of aliphatic hydroxyl groups is 1. The summed E-state index contributed by atoms with van der Waals surface area (Å²) >= 11 is 3.22. The molecule has 0 bridgehead atoms. The van der Waals surface area contributed by atoms with Crippen molar-refractivity contribution in [2.24, 2.45) is 5.92 Å². The van der Waals surface area contributed by atoms with Crippen LogP contribution in [0.1, 0.15) is 34.5 Å². The fourth-order valence-corrected chi connectivity index (χ4v) is 4.15. The van der Waals surface area contributed by atoms with Crippen LogP contribution < -0.4 is 5.32 Å². The maximum atomic E-state index is 12.2. The van der Waals surface area contributed by atoms with Crippen molar-refractivity contribution in [3.05, 3.63) is 38.5 Å². The van der Waals surface area contributed by atoms with Crippen LogP contribution in [0.25, 0.3) is 0 Å². The number of carbonyl (C=O) groups is 1. The summed E-state index contributed by atoms with van der Waals surface area (Å²) in [6.07, 6.45) is 1.63. The van der Waals surface area contributed by atoms with Crippen LogP contribution in [0.4, 0.5) is 0 Å². The number of carbonyl (C=O) groups excluding carboxylic acids is 1. The Morgan fingerprint density at radius 1 is 1.52 bits per heavy atom. The molecule has 2 aromatic rings. The van der Waals surface area contributed by atoms with E-state index in [4.69, 9.17) is 0 Å². The highest BCUT2D eigenvalue weighted by molar-refractivity contribution is 7.10. The number of aryl methyl sites for hydroxylation is 1. The molecule has 0 saturated heterocycles. The number of thiophene rings is 1. The first-order chi connectivity index (χ1) is 10.1. The van der Waals surface area contributed by atoms with E-state index < -0.39 is 0 Å². The van der Waals surface area contributed by atoms with Gasteiger partial charge in [-0.25, -0.2) is 4.98 Å². The zero-order valence-electron chi connectivity index (χ0n) is 11.8. The molecule has 4 nitrogen and oxygen atoms in total. The first-order valence-electron chi connectivity index (χ1n) is 7.03. The molecule has 0 aromatic carbocycles. The third-order valence-corrected chi connectivity index (χ3v) is 5.57. The summed E-state index contributed by atoms with van der Waals surface area (Å²) in [5.74, 6) is 0.333. The second-order valence-corrected chi connectivity index (χ2v) is 7.52. The number of thiazole rings is 1. The molecule has 1 unspecified atom stereocenters. The zero-order chi connectivity index (χ0) is 14.8. The second-order valence-electron chi connectivity index (χ2n) is 5.48. The molecule has 2 N–H and O–H groups in total. The summed E-state index contributed by atoms with van der Waals surface area (Å²) in [7, 11) is 0. The lowest BCUT2D eigenvalue weighted by Crippen LogP contribution is -2.41. The lowest BCUT2D eigenvalue weighted by molar-refractivity contribution is -0.122. The first kappa shape index (κ1) is 14.7. The number of hydrogen-bond donors (Lipinski definition) is 2. The Labute approximate surface area is 131 Å². The van der Waals surface area contributed by atoms with Gasteiger partial charge in [-0.05, 0) is 37.1 Å². The summed E-state index contributed by atoms with van der Waals surface area (Å²) in [6, 6.07) is 4.06. The van der Waals surface area contributed by atoms with Crippen molar-refractivity contribution < 1.29 is 9.90 Å². The van der Waals surface area contributed by atoms with Crippen molar-refractivity contribution in [2.75, 3.05) is 0 Å². The summed E-state index contributed by atoms with van der Waals surface area (Å²) < 4.78 is 0. The summed E-state index contributed by atoms with van der Waals surface area (Å²) in [4.78, 5) is 17.7. The van der Waals surface area contributed by atoms with Crippen LogP contribution in [-0.2, 0) is 11.2 Å². The highest BCUT2D eigenvalue weighted by Gasteiger charge is 2.36. The molecule has 21 heavy (non-hydrogen) atoms. The van der Waals surface area contributed by atoms with Crippen LogP contribution in [0, 0.1) is 12.8 Å². The molecule has 0 radical (unpaired) electrons. The number of hydrogen-bond acceptors (Lipinski definition) is 5. The van der Waals surface area contributed by atoms with E-state index in [0.717, 1.165) is 28.4 Å². The Morgan fingerprint density at radius 2 is 2.33 bits per heavy atom. The highest BCUT2D eigenvalue weighted by atomic mass is 32.1. The quantitative estimate of drug-likeness (QED) is 0.889. The van der Waals surface area contributed by atoms with E-state index in [-0.39, 0.29) is 18.1 Å². The third kappa shape index (κ3) is 3.51. The smallest absolute Gasteiger partial charge is 0.226 e. The van der Waals surface area contributed by atoms with Crippen LogP contribution in [0.3, 0.4) is 0 Å². The van der Waals surface area contributed by atoms with Gasteiger partial charge in [0.1, 0.15) is 0 Å². The number of nitrogens with zero attached hydrogens (tertiary/aromatic N) is 1. The lowest BCUT2D eigenvalue weighted by atomic mass is 9.76. The number of nitrogens with one attached hydrogen (secondary N) is 1. The van der Waals surface area contributed by atoms with Gasteiger partial charge in [0.15, 0.2) is 0 Å². The van der Waals surface area contributed by atoms with E-state index in [1.165, 1.54) is 0 Å². The third-order valence-electron chi connectivity index (χ3n) is 3.80. The number of rotatable bonds is 5. The summed E-state index contributed by atoms with van der Waals surface area (Å²) in [5, 5.41) is 17.6. The van der Waals surface area contributed by atoms with Crippen molar-refractivity contribution >= 4 is 28.6 Å². The minimum Gasteiger partial charge on any atom is -0.393 e. The molecule has 1 amide bonds. The van der Waals surface area contributed by atoms with Gasteiger partial charge >= 0.3 is 0 Å². The molecule has 3 rings (SSSR count). The lowest BCUT2D eigenvalue weighted by Gasteiger charge is -2.37. The van der Waals surface area contributed by atoms with Crippen molar-refractivity contribution in [3.63, 3.8) is 0 Å². The van der Waals surface area contributed by atoms with Crippen molar-refractivity contribution in [2.45, 2.75) is 38.3 Å². The molecule has 1 fully saturated rings. The van der Waals surface area contributed by atoms with Gasteiger partial charge in [0.05, 0.1) is 29.3 Å². The summed E-state index contributed by atoms with van der Waals surface area (Å²) in [5.41, 5.74) is 0.827. The fourth-order valence-electron chi connectivity index (χ4n) is 2.67. The minimum absolute atomic E-state index is 0.0000831. The van der Waals surface area contributed by atoms with Crippen LogP contribution >= 0.6 is 22.7 Å². The molecule has 0 spiro atoms. The van der Waals surface area contributed by atoms with Gasteiger partial charge in [-0.2, -0.15) is 0 Å². The molecular formula is C15H18N2O2S2. The Balaban J connectivity index is 1.65. The molecule has 2 aromatic heterocycles. The molecule has 2 heterocycles. The van der Waals surface area contributed by atoms with Gasteiger partial charge in [0, 0.05) is 10.3 Å². The Bertz CT molecular complexity index is 603. The van der Waals surface area contributed by atoms with Crippen LogP contribution in [0.2, 0.25) is 0 Å². The van der Waals surface area contributed by atoms with Crippen molar-refractivity contribution in [3.8, 4) is 0 Å². The van der Waals surface area contributed by atoms with Crippen molar-refractivity contribution in [1.82, 2.24) is 10.3 Å². The molecule has 6 heteroatoms. The maximum absolute atomic E-state index is 12.2. The average Bonchev–Trinajstić information content (AvgIpc) is 3.04. The Hall–Kier alpha value is -1.24. The monoisotopic (exact) mass is 322 g/mol.